The second kappa shape index (κ2) is 5.76. The summed E-state index contributed by atoms with van der Waals surface area (Å²) in [5.41, 5.74) is 4.44. The average Bonchev–Trinajstić information content (AvgIpc) is 3.07. The fourth-order valence-corrected chi connectivity index (χ4v) is 5.19. The fraction of sp³-hybridized carbons (Fsp3) is 0.238. The second-order valence-electron chi connectivity index (χ2n) is 6.55. The van der Waals surface area contributed by atoms with Crippen LogP contribution in [0.15, 0.2) is 54.7 Å². The van der Waals surface area contributed by atoms with E-state index in [1.165, 1.54) is 33.0 Å². The highest BCUT2D eigenvalue weighted by Gasteiger charge is 2.17. The van der Waals surface area contributed by atoms with Crippen LogP contribution in [-0.2, 0) is 19.4 Å². The smallest absolute Gasteiger partial charge is 0.0628 e. The van der Waals surface area contributed by atoms with Gasteiger partial charge in [-0.05, 0) is 53.9 Å². The van der Waals surface area contributed by atoms with E-state index >= 15 is 0 Å². The van der Waals surface area contributed by atoms with Crippen molar-refractivity contribution in [2.24, 2.45) is 0 Å². The van der Waals surface area contributed by atoms with Crippen molar-refractivity contribution >= 4 is 32.3 Å². The van der Waals surface area contributed by atoms with Gasteiger partial charge in [-0.1, -0.05) is 42.5 Å². The van der Waals surface area contributed by atoms with E-state index in [1.54, 1.807) is 10.4 Å². The van der Waals surface area contributed by atoms with Crippen LogP contribution in [0, 0.1) is 0 Å². The highest BCUT2D eigenvalue weighted by atomic mass is 32.1. The zero-order chi connectivity index (χ0) is 15.9. The molecule has 0 fully saturated rings. The molecule has 1 N–H and O–H groups in total. The Labute approximate surface area is 145 Å². The van der Waals surface area contributed by atoms with Gasteiger partial charge in [-0.25, -0.2) is 0 Å². The summed E-state index contributed by atoms with van der Waals surface area (Å²) in [4.78, 5) is 1.58. The molecule has 2 aromatic heterocycles. The number of nitrogens with one attached hydrogen (secondary N) is 1. The van der Waals surface area contributed by atoms with E-state index < -0.39 is 0 Å². The van der Waals surface area contributed by atoms with Crippen LogP contribution in [0.3, 0.4) is 0 Å². The minimum absolute atomic E-state index is 0.946. The summed E-state index contributed by atoms with van der Waals surface area (Å²) >= 11 is 1.99. The highest BCUT2D eigenvalue weighted by Crippen LogP contribution is 2.34. The third-order valence-corrected chi connectivity index (χ3v) is 6.33. The zero-order valence-electron chi connectivity index (χ0n) is 13.6. The molecule has 0 radical (unpaired) electrons. The Hall–Kier alpha value is -2.10. The molecule has 0 amide bonds. The Morgan fingerprint density at radius 2 is 1.83 bits per heavy atom. The molecule has 120 valence electrons. The van der Waals surface area contributed by atoms with Gasteiger partial charge in [0.1, 0.15) is 0 Å². The second-order valence-corrected chi connectivity index (χ2v) is 7.69. The van der Waals surface area contributed by atoms with Crippen molar-refractivity contribution in [2.75, 3.05) is 13.1 Å². The molecule has 2 nitrogen and oxygen atoms in total. The molecule has 3 heterocycles. The predicted octanol–water partition coefficient (Wildman–Crippen LogP) is 4.59. The van der Waals surface area contributed by atoms with Crippen molar-refractivity contribution in [3.63, 3.8) is 0 Å². The maximum Gasteiger partial charge on any atom is 0.0628 e. The number of nitrogens with zero attached hydrogens (tertiary/aromatic N) is 1. The van der Waals surface area contributed by atoms with Crippen LogP contribution in [0.4, 0.5) is 0 Å². The largest absolute Gasteiger partial charge is 0.342 e. The highest BCUT2D eigenvalue weighted by molar-refractivity contribution is 7.19. The van der Waals surface area contributed by atoms with Crippen molar-refractivity contribution in [2.45, 2.75) is 19.4 Å². The number of hydrogen-bond acceptors (Lipinski definition) is 2. The van der Waals surface area contributed by atoms with E-state index in [9.17, 15) is 0 Å². The van der Waals surface area contributed by atoms with Crippen LogP contribution in [0.25, 0.3) is 21.0 Å². The topological polar surface area (TPSA) is 17.0 Å². The van der Waals surface area contributed by atoms with Gasteiger partial charge >= 0.3 is 0 Å². The molecule has 0 atom stereocenters. The molecule has 0 bridgehead atoms. The first-order valence-corrected chi connectivity index (χ1v) is 9.48. The molecule has 4 aromatic rings. The maximum atomic E-state index is 3.53. The molecular formula is C21H20N2S. The Kier molecular flexibility index (Phi) is 3.42. The Bertz CT molecular complexity index is 1020. The van der Waals surface area contributed by atoms with Crippen molar-refractivity contribution in [3.05, 3.63) is 70.7 Å². The lowest BCUT2D eigenvalue weighted by atomic mass is 10.0. The van der Waals surface area contributed by atoms with E-state index in [1.807, 2.05) is 11.3 Å². The van der Waals surface area contributed by atoms with Gasteiger partial charge in [0.05, 0.1) is 10.2 Å². The average molecular weight is 332 g/mol. The number of hydrogen-bond donors (Lipinski definition) is 1. The molecule has 2 aromatic carbocycles. The first-order valence-electron chi connectivity index (χ1n) is 8.67. The molecule has 1 aliphatic rings. The third-order valence-electron chi connectivity index (χ3n) is 5.08. The van der Waals surface area contributed by atoms with Gasteiger partial charge in [-0.15, -0.1) is 11.3 Å². The number of aromatic nitrogens is 1. The van der Waals surface area contributed by atoms with Gasteiger partial charge in [-0.2, -0.15) is 0 Å². The van der Waals surface area contributed by atoms with Crippen LogP contribution in [0.5, 0.6) is 0 Å². The van der Waals surface area contributed by atoms with Gasteiger partial charge < -0.3 is 9.88 Å². The molecule has 0 unspecified atom stereocenters. The van der Waals surface area contributed by atoms with Gasteiger partial charge in [0.2, 0.25) is 0 Å². The lowest BCUT2D eigenvalue weighted by Gasteiger charge is -2.10. The van der Waals surface area contributed by atoms with Crippen molar-refractivity contribution in [3.8, 4) is 0 Å². The van der Waals surface area contributed by atoms with Crippen LogP contribution < -0.4 is 5.32 Å². The SMILES string of the molecule is c1ccc2c(Cn3ccc4sc5c(c43)CCNCC5)cccc2c1. The summed E-state index contributed by atoms with van der Waals surface area (Å²) in [6.07, 6.45) is 4.58. The Balaban J connectivity index is 1.63. The summed E-state index contributed by atoms with van der Waals surface area (Å²) in [6.45, 7) is 3.15. The third kappa shape index (κ3) is 2.27. The molecule has 5 rings (SSSR count). The molecular weight excluding hydrogens is 312 g/mol. The van der Waals surface area contributed by atoms with Crippen LogP contribution >= 0.6 is 11.3 Å². The normalized spacial score (nSPS) is 14.8. The van der Waals surface area contributed by atoms with Gasteiger partial charge in [0.25, 0.3) is 0 Å². The van der Waals surface area contributed by atoms with Crippen LogP contribution in [0.1, 0.15) is 16.0 Å². The molecule has 0 spiro atoms. The quantitative estimate of drug-likeness (QED) is 0.568. The minimum atomic E-state index is 0.946. The van der Waals surface area contributed by atoms with Gasteiger partial charge in [-0.3, -0.25) is 0 Å². The molecule has 1 aliphatic heterocycles. The van der Waals surface area contributed by atoms with Crippen LogP contribution in [-0.4, -0.2) is 17.7 Å². The summed E-state index contributed by atoms with van der Waals surface area (Å²) < 4.78 is 3.90. The van der Waals surface area contributed by atoms with E-state index in [-0.39, 0.29) is 0 Å². The standard InChI is InChI=1S/C21H20N2S/c1-2-7-17-15(4-1)5-3-6-16(17)14-23-13-10-20-21(23)18-8-11-22-12-9-19(18)24-20/h1-7,10,13,22H,8-9,11-12,14H2. The summed E-state index contributed by atoms with van der Waals surface area (Å²) in [5, 5.41) is 6.22. The first-order chi connectivity index (χ1) is 11.9. The number of fused-ring (bicyclic) bond motifs is 4. The fourth-order valence-electron chi connectivity index (χ4n) is 3.93. The molecule has 24 heavy (non-hydrogen) atoms. The van der Waals surface area contributed by atoms with Crippen molar-refractivity contribution in [1.82, 2.24) is 9.88 Å². The lowest BCUT2D eigenvalue weighted by molar-refractivity contribution is 0.711. The van der Waals surface area contributed by atoms with Gasteiger partial charge in [0, 0.05) is 17.6 Å². The van der Waals surface area contributed by atoms with E-state index in [2.05, 4.69) is 64.6 Å². The zero-order valence-corrected chi connectivity index (χ0v) is 14.4. The first kappa shape index (κ1) is 14.3. The number of thiophene rings is 1. The summed E-state index contributed by atoms with van der Waals surface area (Å²) in [6, 6.07) is 17.6. The summed E-state index contributed by atoms with van der Waals surface area (Å²) in [5.74, 6) is 0. The predicted molar refractivity (Wildman–Crippen MR) is 103 cm³/mol. The Morgan fingerprint density at radius 3 is 2.83 bits per heavy atom. The van der Waals surface area contributed by atoms with E-state index in [4.69, 9.17) is 0 Å². The monoisotopic (exact) mass is 332 g/mol. The molecule has 0 saturated heterocycles. The van der Waals surface area contributed by atoms with E-state index in [0.717, 1.165) is 26.1 Å². The minimum Gasteiger partial charge on any atom is -0.342 e. The molecule has 0 saturated carbocycles. The van der Waals surface area contributed by atoms with Crippen molar-refractivity contribution in [1.29, 1.82) is 0 Å². The Morgan fingerprint density at radius 1 is 0.958 bits per heavy atom. The van der Waals surface area contributed by atoms with Crippen molar-refractivity contribution < 1.29 is 0 Å². The van der Waals surface area contributed by atoms with Gasteiger partial charge in [0.15, 0.2) is 0 Å². The summed E-state index contributed by atoms with van der Waals surface area (Å²) in [7, 11) is 0. The molecule has 0 aliphatic carbocycles. The number of rotatable bonds is 2. The lowest BCUT2D eigenvalue weighted by Crippen LogP contribution is -2.16. The van der Waals surface area contributed by atoms with E-state index in [0.29, 0.717) is 0 Å². The molecule has 3 heteroatoms. The van der Waals surface area contributed by atoms with Crippen LogP contribution in [0.2, 0.25) is 0 Å². The number of benzene rings is 2. The maximum absolute atomic E-state index is 3.53.